The van der Waals surface area contributed by atoms with E-state index in [2.05, 4.69) is 52.6 Å². The number of hydrogen-bond acceptors (Lipinski definition) is 4. The maximum Gasteiger partial charge on any atom is 0.138 e. The lowest BCUT2D eigenvalue weighted by molar-refractivity contribution is 0.923. The van der Waals surface area contributed by atoms with Crippen molar-refractivity contribution in [2.45, 2.75) is 33.6 Å². The molecule has 0 saturated heterocycles. The van der Waals surface area contributed by atoms with Gasteiger partial charge in [-0.2, -0.15) is 0 Å². The zero-order valence-electron chi connectivity index (χ0n) is 12.4. The summed E-state index contributed by atoms with van der Waals surface area (Å²) in [6.45, 7) is 7.13. The first-order valence-corrected chi connectivity index (χ1v) is 7.16. The Kier molecular flexibility index (Phi) is 4.93. The molecule has 0 aliphatic carbocycles. The molecule has 0 aliphatic rings. The predicted octanol–water partition coefficient (Wildman–Crippen LogP) is 3.91. The fourth-order valence-corrected chi connectivity index (χ4v) is 2.18. The summed E-state index contributed by atoms with van der Waals surface area (Å²) in [6.07, 6.45) is 3.78. The summed E-state index contributed by atoms with van der Waals surface area (Å²) in [4.78, 5) is 8.62. The van der Waals surface area contributed by atoms with Gasteiger partial charge in [0.2, 0.25) is 0 Å². The van der Waals surface area contributed by atoms with Gasteiger partial charge in [0.25, 0.3) is 0 Å². The van der Waals surface area contributed by atoms with Crippen LogP contribution in [0.5, 0.6) is 0 Å². The summed E-state index contributed by atoms with van der Waals surface area (Å²) >= 11 is 0. The minimum Gasteiger partial charge on any atom is -0.370 e. The lowest BCUT2D eigenvalue weighted by Gasteiger charge is -2.14. The van der Waals surface area contributed by atoms with Crippen LogP contribution in [0.25, 0.3) is 0 Å². The molecule has 20 heavy (non-hydrogen) atoms. The molecule has 2 rings (SSSR count). The van der Waals surface area contributed by atoms with E-state index in [4.69, 9.17) is 0 Å². The highest BCUT2D eigenvalue weighted by molar-refractivity contribution is 5.66. The number of benzene rings is 1. The molecule has 1 heterocycles. The second-order valence-corrected chi connectivity index (χ2v) is 4.76. The van der Waals surface area contributed by atoms with E-state index in [0.29, 0.717) is 0 Å². The van der Waals surface area contributed by atoms with E-state index in [0.717, 1.165) is 42.3 Å². The molecule has 0 spiro atoms. The Balaban J connectivity index is 2.28. The fourth-order valence-electron chi connectivity index (χ4n) is 2.18. The Hall–Kier alpha value is -2.10. The van der Waals surface area contributed by atoms with E-state index < -0.39 is 0 Å². The Labute approximate surface area is 120 Å². The first-order valence-electron chi connectivity index (χ1n) is 7.16. The molecule has 0 fully saturated rings. The van der Waals surface area contributed by atoms with Crippen LogP contribution in [0, 0.1) is 6.92 Å². The van der Waals surface area contributed by atoms with Gasteiger partial charge in [-0.15, -0.1) is 0 Å². The molecule has 0 unspecified atom stereocenters. The summed E-state index contributed by atoms with van der Waals surface area (Å²) in [6, 6.07) is 8.38. The van der Waals surface area contributed by atoms with Crippen molar-refractivity contribution in [1.29, 1.82) is 0 Å². The largest absolute Gasteiger partial charge is 0.370 e. The number of nitrogens with zero attached hydrogens (tertiary/aromatic N) is 2. The molecular formula is C16H22N4. The molecule has 2 aromatic rings. The SMILES string of the molecule is CCCc1ccccc1Nc1ncnc(NCC)c1C. The summed E-state index contributed by atoms with van der Waals surface area (Å²) in [7, 11) is 0. The van der Waals surface area contributed by atoms with Crippen LogP contribution in [-0.2, 0) is 6.42 Å². The third kappa shape index (κ3) is 3.26. The summed E-state index contributed by atoms with van der Waals surface area (Å²) < 4.78 is 0. The molecule has 1 aromatic carbocycles. The number of anilines is 3. The number of hydrogen-bond donors (Lipinski definition) is 2. The van der Waals surface area contributed by atoms with E-state index in [1.165, 1.54) is 5.56 Å². The van der Waals surface area contributed by atoms with Crippen molar-refractivity contribution in [3.63, 3.8) is 0 Å². The van der Waals surface area contributed by atoms with E-state index in [1.807, 2.05) is 13.0 Å². The van der Waals surface area contributed by atoms with Crippen LogP contribution in [0.15, 0.2) is 30.6 Å². The van der Waals surface area contributed by atoms with Crippen molar-refractivity contribution >= 4 is 17.3 Å². The van der Waals surface area contributed by atoms with Gasteiger partial charge in [0.15, 0.2) is 0 Å². The first kappa shape index (κ1) is 14.3. The zero-order chi connectivity index (χ0) is 14.4. The third-order valence-corrected chi connectivity index (χ3v) is 3.22. The normalized spacial score (nSPS) is 10.3. The Morgan fingerprint density at radius 2 is 1.80 bits per heavy atom. The zero-order valence-corrected chi connectivity index (χ0v) is 12.4. The van der Waals surface area contributed by atoms with Gasteiger partial charge in [-0.1, -0.05) is 31.5 Å². The number of nitrogens with one attached hydrogen (secondary N) is 2. The van der Waals surface area contributed by atoms with Gasteiger partial charge in [-0.05, 0) is 31.9 Å². The minimum absolute atomic E-state index is 0.851. The standard InChI is InChI=1S/C16H22N4/c1-4-8-13-9-6-7-10-14(13)20-16-12(3)15(17-5-2)18-11-19-16/h6-7,9-11H,4-5,8H2,1-3H3,(H2,17,18,19,20). The summed E-state index contributed by atoms with van der Waals surface area (Å²) in [5.74, 6) is 1.75. The minimum atomic E-state index is 0.851. The van der Waals surface area contributed by atoms with E-state index in [9.17, 15) is 0 Å². The second-order valence-electron chi connectivity index (χ2n) is 4.76. The van der Waals surface area contributed by atoms with Gasteiger partial charge >= 0.3 is 0 Å². The molecule has 106 valence electrons. The van der Waals surface area contributed by atoms with E-state index >= 15 is 0 Å². The molecule has 4 nitrogen and oxygen atoms in total. The Morgan fingerprint density at radius 3 is 2.55 bits per heavy atom. The van der Waals surface area contributed by atoms with Gasteiger partial charge in [0.05, 0.1) is 0 Å². The van der Waals surface area contributed by atoms with Crippen LogP contribution in [0.2, 0.25) is 0 Å². The maximum absolute atomic E-state index is 4.36. The highest BCUT2D eigenvalue weighted by Gasteiger charge is 2.08. The van der Waals surface area contributed by atoms with Gasteiger partial charge in [0.1, 0.15) is 18.0 Å². The Bertz CT molecular complexity index is 566. The molecule has 0 aliphatic heterocycles. The third-order valence-electron chi connectivity index (χ3n) is 3.22. The number of aryl methyl sites for hydroxylation is 1. The molecule has 0 atom stereocenters. The van der Waals surface area contributed by atoms with Crippen molar-refractivity contribution in [3.05, 3.63) is 41.7 Å². The van der Waals surface area contributed by atoms with Crippen molar-refractivity contribution in [2.75, 3.05) is 17.2 Å². The molecular weight excluding hydrogens is 248 g/mol. The fraction of sp³-hybridized carbons (Fsp3) is 0.375. The number of aromatic nitrogens is 2. The Morgan fingerprint density at radius 1 is 1.05 bits per heavy atom. The lowest BCUT2D eigenvalue weighted by Crippen LogP contribution is -2.06. The van der Waals surface area contributed by atoms with Crippen LogP contribution in [0.3, 0.4) is 0 Å². The topological polar surface area (TPSA) is 49.8 Å². The average molecular weight is 270 g/mol. The molecule has 0 bridgehead atoms. The van der Waals surface area contributed by atoms with Crippen molar-refractivity contribution < 1.29 is 0 Å². The van der Waals surface area contributed by atoms with Crippen LogP contribution >= 0.6 is 0 Å². The summed E-state index contributed by atoms with van der Waals surface area (Å²) in [5, 5.41) is 6.68. The average Bonchev–Trinajstić information content (AvgIpc) is 2.46. The smallest absolute Gasteiger partial charge is 0.138 e. The van der Waals surface area contributed by atoms with Gasteiger partial charge in [-0.25, -0.2) is 9.97 Å². The predicted molar refractivity (Wildman–Crippen MR) is 84.7 cm³/mol. The number of para-hydroxylation sites is 1. The molecule has 0 amide bonds. The quantitative estimate of drug-likeness (QED) is 0.835. The van der Waals surface area contributed by atoms with Crippen molar-refractivity contribution in [3.8, 4) is 0 Å². The number of rotatable bonds is 6. The van der Waals surface area contributed by atoms with Crippen LogP contribution < -0.4 is 10.6 Å². The van der Waals surface area contributed by atoms with Gasteiger partial charge in [-0.3, -0.25) is 0 Å². The van der Waals surface area contributed by atoms with Crippen LogP contribution in [0.1, 0.15) is 31.4 Å². The molecule has 0 saturated carbocycles. The van der Waals surface area contributed by atoms with Crippen LogP contribution in [-0.4, -0.2) is 16.5 Å². The summed E-state index contributed by atoms with van der Waals surface area (Å²) in [5.41, 5.74) is 3.48. The highest BCUT2D eigenvalue weighted by Crippen LogP contribution is 2.25. The monoisotopic (exact) mass is 270 g/mol. The van der Waals surface area contributed by atoms with Crippen molar-refractivity contribution in [2.24, 2.45) is 0 Å². The van der Waals surface area contributed by atoms with Gasteiger partial charge in [0, 0.05) is 17.8 Å². The first-order chi connectivity index (χ1) is 9.76. The molecule has 2 N–H and O–H groups in total. The molecule has 0 radical (unpaired) electrons. The second kappa shape index (κ2) is 6.89. The van der Waals surface area contributed by atoms with Crippen LogP contribution in [0.4, 0.5) is 17.3 Å². The molecule has 1 aromatic heterocycles. The highest BCUT2D eigenvalue weighted by atomic mass is 15.1. The van der Waals surface area contributed by atoms with E-state index in [1.54, 1.807) is 6.33 Å². The van der Waals surface area contributed by atoms with E-state index in [-0.39, 0.29) is 0 Å². The van der Waals surface area contributed by atoms with Crippen molar-refractivity contribution in [1.82, 2.24) is 9.97 Å². The molecule has 4 heteroatoms. The maximum atomic E-state index is 4.36. The van der Waals surface area contributed by atoms with Gasteiger partial charge < -0.3 is 10.6 Å². The lowest BCUT2D eigenvalue weighted by atomic mass is 10.1.